The third-order valence-corrected chi connectivity index (χ3v) is 2.46. The van der Waals surface area contributed by atoms with E-state index in [1.807, 2.05) is 20.8 Å². The first kappa shape index (κ1) is 15.3. The Bertz CT molecular complexity index is 444. The van der Waals surface area contributed by atoms with Gasteiger partial charge >= 0.3 is 0 Å². The predicted molar refractivity (Wildman–Crippen MR) is 75.4 cm³/mol. The lowest BCUT2D eigenvalue weighted by Gasteiger charge is -2.25. The normalized spacial score (nSPS) is 11.2. The zero-order valence-electron chi connectivity index (χ0n) is 11.9. The molecule has 5 heteroatoms. The maximum absolute atomic E-state index is 12.2. The molecule has 3 N–H and O–H groups in total. The van der Waals surface area contributed by atoms with E-state index in [1.165, 1.54) is 0 Å². The van der Waals surface area contributed by atoms with Gasteiger partial charge in [0.15, 0.2) is 0 Å². The maximum atomic E-state index is 12.2. The minimum Gasteiger partial charge on any atom is -0.494 e. The van der Waals surface area contributed by atoms with Gasteiger partial charge in [0.05, 0.1) is 18.8 Å². The van der Waals surface area contributed by atoms with Gasteiger partial charge in [0.25, 0.3) is 5.91 Å². The maximum Gasteiger partial charge on any atom is 0.251 e. The summed E-state index contributed by atoms with van der Waals surface area (Å²) in [7, 11) is 1.60. The molecule has 0 saturated heterocycles. The molecule has 0 aliphatic heterocycles. The molecule has 0 radical (unpaired) electrons. The van der Waals surface area contributed by atoms with Crippen LogP contribution >= 0.6 is 0 Å². The van der Waals surface area contributed by atoms with Crippen LogP contribution in [0.5, 0.6) is 5.75 Å². The minimum atomic E-state index is -0.442. The van der Waals surface area contributed by atoms with Gasteiger partial charge in [-0.1, -0.05) is 0 Å². The van der Waals surface area contributed by atoms with Gasteiger partial charge < -0.3 is 20.5 Å². The molecule has 0 aromatic heterocycles. The van der Waals surface area contributed by atoms with E-state index in [0.29, 0.717) is 30.2 Å². The average molecular weight is 266 g/mol. The number of benzene rings is 1. The van der Waals surface area contributed by atoms with E-state index < -0.39 is 5.54 Å². The summed E-state index contributed by atoms with van der Waals surface area (Å²) in [5.74, 6) is 0.396. The van der Waals surface area contributed by atoms with E-state index in [4.69, 9.17) is 15.2 Å². The zero-order valence-corrected chi connectivity index (χ0v) is 11.9. The number of methoxy groups -OCH3 is 1. The van der Waals surface area contributed by atoms with Crippen LogP contribution in [0.2, 0.25) is 0 Å². The third kappa shape index (κ3) is 4.79. The Morgan fingerprint density at radius 1 is 1.37 bits per heavy atom. The smallest absolute Gasteiger partial charge is 0.251 e. The highest BCUT2D eigenvalue weighted by molar-refractivity contribution is 5.96. The molecule has 0 unspecified atom stereocenters. The number of nitrogen functional groups attached to an aromatic ring is 1. The summed E-state index contributed by atoms with van der Waals surface area (Å²) in [6.45, 7) is 6.62. The van der Waals surface area contributed by atoms with Gasteiger partial charge in [-0.2, -0.15) is 0 Å². The molecule has 0 heterocycles. The molecule has 1 amide bonds. The third-order valence-electron chi connectivity index (χ3n) is 2.46. The average Bonchev–Trinajstić information content (AvgIpc) is 2.27. The Morgan fingerprint density at radius 3 is 2.63 bits per heavy atom. The van der Waals surface area contributed by atoms with Crippen molar-refractivity contribution in [1.82, 2.24) is 5.32 Å². The summed E-state index contributed by atoms with van der Waals surface area (Å²) in [4.78, 5) is 12.2. The highest BCUT2D eigenvalue weighted by Gasteiger charge is 2.21. The van der Waals surface area contributed by atoms with Crippen molar-refractivity contribution in [3.63, 3.8) is 0 Å². The largest absolute Gasteiger partial charge is 0.494 e. The van der Waals surface area contributed by atoms with E-state index in [-0.39, 0.29) is 5.91 Å². The van der Waals surface area contributed by atoms with Crippen LogP contribution in [0.1, 0.15) is 31.1 Å². The molecule has 1 aromatic rings. The molecular weight excluding hydrogens is 244 g/mol. The molecule has 0 spiro atoms. The number of anilines is 1. The number of rotatable bonds is 6. The van der Waals surface area contributed by atoms with Gasteiger partial charge in [-0.15, -0.1) is 0 Å². The quantitative estimate of drug-likeness (QED) is 0.770. The first-order chi connectivity index (χ1) is 8.88. The van der Waals surface area contributed by atoms with E-state index in [9.17, 15) is 4.79 Å². The highest BCUT2D eigenvalue weighted by atomic mass is 16.5. The lowest BCUT2D eigenvalue weighted by Crippen LogP contribution is -2.46. The van der Waals surface area contributed by atoms with Crippen molar-refractivity contribution < 1.29 is 14.3 Å². The second-order valence-corrected chi connectivity index (χ2v) is 4.99. The molecule has 1 rings (SSSR count). The standard InChI is InChI=1S/C14H22N2O3/c1-5-19-12-7-10(6-11(15)8-12)13(17)16-14(2,3)9-18-4/h6-8H,5,9,15H2,1-4H3,(H,16,17). The molecule has 0 saturated carbocycles. The van der Waals surface area contributed by atoms with Crippen molar-refractivity contribution in [3.8, 4) is 5.75 Å². The van der Waals surface area contributed by atoms with E-state index in [2.05, 4.69) is 5.32 Å². The fraction of sp³-hybridized carbons (Fsp3) is 0.500. The molecule has 0 aliphatic carbocycles. The van der Waals surface area contributed by atoms with Crippen LogP contribution in [0.3, 0.4) is 0 Å². The van der Waals surface area contributed by atoms with Crippen LogP contribution in [-0.2, 0) is 4.74 Å². The van der Waals surface area contributed by atoms with Gasteiger partial charge in [-0.05, 0) is 32.9 Å². The van der Waals surface area contributed by atoms with Crippen molar-refractivity contribution >= 4 is 11.6 Å². The molecule has 5 nitrogen and oxygen atoms in total. The van der Waals surface area contributed by atoms with Crippen LogP contribution in [0.25, 0.3) is 0 Å². The Hall–Kier alpha value is -1.75. The van der Waals surface area contributed by atoms with Gasteiger partial charge in [0.1, 0.15) is 5.75 Å². The number of nitrogens with two attached hydrogens (primary N) is 1. The molecule has 1 aromatic carbocycles. The number of ether oxygens (including phenoxy) is 2. The lowest BCUT2D eigenvalue weighted by molar-refractivity contribution is 0.0819. The summed E-state index contributed by atoms with van der Waals surface area (Å²) in [6, 6.07) is 5.00. The Labute approximate surface area is 114 Å². The summed E-state index contributed by atoms with van der Waals surface area (Å²) in [5.41, 5.74) is 6.30. The highest BCUT2D eigenvalue weighted by Crippen LogP contribution is 2.19. The first-order valence-electron chi connectivity index (χ1n) is 6.23. The lowest BCUT2D eigenvalue weighted by atomic mass is 10.1. The summed E-state index contributed by atoms with van der Waals surface area (Å²) < 4.78 is 10.4. The monoisotopic (exact) mass is 266 g/mol. The SMILES string of the molecule is CCOc1cc(N)cc(C(=O)NC(C)(C)COC)c1. The van der Waals surface area contributed by atoms with Crippen molar-refractivity contribution in [3.05, 3.63) is 23.8 Å². The summed E-state index contributed by atoms with van der Waals surface area (Å²) >= 11 is 0. The molecular formula is C14H22N2O3. The van der Waals surface area contributed by atoms with Crippen LogP contribution in [0, 0.1) is 0 Å². The minimum absolute atomic E-state index is 0.199. The van der Waals surface area contributed by atoms with Crippen molar-refractivity contribution in [2.75, 3.05) is 26.1 Å². The topological polar surface area (TPSA) is 73.6 Å². The fourth-order valence-corrected chi connectivity index (χ4v) is 1.78. The zero-order chi connectivity index (χ0) is 14.5. The number of hydrogen-bond donors (Lipinski definition) is 2. The number of nitrogens with one attached hydrogen (secondary N) is 1. The van der Waals surface area contributed by atoms with Crippen molar-refractivity contribution in [2.24, 2.45) is 0 Å². The summed E-state index contributed by atoms with van der Waals surface area (Å²) in [5, 5.41) is 2.89. The van der Waals surface area contributed by atoms with Crippen LogP contribution in [0.4, 0.5) is 5.69 Å². The van der Waals surface area contributed by atoms with E-state index >= 15 is 0 Å². The molecule has 0 aliphatic rings. The Kier molecular flexibility index (Phi) is 5.18. The van der Waals surface area contributed by atoms with E-state index in [1.54, 1.807) is 25.3 Å². The Balaban J connectivity index is 2.87. The predicted octanol–water partition coefficient (Wildman–Crippen LogP) is 1.82. The molecule has 0 fully saturated rings. The van der Waals surface area contributed by atoms with Crippen LogP contribution in [0.15, 0.2) is 18.2 Å². The number of carbonyl (C=O) groups excluding carboxylic acids is 1. The van der Waals surface area contributed by atoms with E-state index in [0.717, 1.165) is 0 Å². The summed E-state index contributed by atoms with van der Waals surface area (Å²) in [6.07, 6.45) is 0. The first-order valence-corrected chi connectivity index (χ1v) is 6.23. The van der Waals surface area contributed by atoms with Crippen LogP contribution in [-0.4, -0.2) is 31.8 Å². The van der Waals surface area contributed by atoms with Crippen LogP contribution < -0.4 is 15.8 Å². The van der Waals surface area contributed by atoms with Gasteiger partial charge in [0, 0.05) is 24.4 Å². The molecule has 106 valence electrons. The van der Waals surface area contributed by atoms with Gasteiger partial charge in [-0.3, -0.25) is 4.79 Å². The van der Waals surface area contributed by atoms with Gasteiger partial charge in [-0.25, -0.2) is 0 Å². The second kappa shape index (κ2) is 6.43. The number of hydrogen-bond acceptors (Lipinski definition) is 4. The fourth-order valence-electron chi connectivity index (χ4n) is 1.78. The van der Waals surface area contributed by atoms with Gasteiger partial charge in [0.2, 0.25) is 0 Å². The molecule has 0 bridgehead atoms. The second-order valence-electron chi connectivity index (χ2n) is 4.99. The Morgan fingerprint density at radius 2 is 2.05 bits per heavy atom. The number of carbonyl (C=O) groups is 1. The van der Waals surface area contributed by atoms with Crippen molar-refractivity contribution in [2.45, 2.75) is 26.3 Å². The molecule has 0 atom stereocenters. The number of amides is 1. The molecule has 19 heavy (non-hydrogen) atoms. The van der Waals surface area contributed by atoms with Crippen molar-refractivity contribution in [1.29, 1.82) is 0 Å².